The number of ether oxygens (including phenoxy) is 1. The molecule has 11 nitrogen and oxygen atoms in total. The molecule has 2 aliphatic heterocycles. The third-order valence-corrected chi connectivity index (χ3v) is 7.20. The number of rotatable bonds is 11. The Labute approximate surface area is 220 Å². The van der Waals surface area contributed by atoms with Gasteiger partial charge in [0.05, 0.1) is 6.61 Å². The Balaban J connectivity index is 1.69. The fourth-order valence-corrected chi connectivity index (χ4v) is 5.06. The standard InChI is InChI=1S/C26H43N7O4/c1-6-29(7-2)21-18-22(28-26(27-21)30(8-3)9-4)31-14-16-32(17-15-31)25(36)20-12-11-13-33(20)23(34)19-24(35)37-10-5/h18,20H,6-17,19H2,1-5H3. The normalized spacial score (nSPS) is 17.6. The summed E-state index contributed by atoms with van der Waals surface area (Å²) in [6.45, 7) is 16.7. The van der Waals surface area contributed by atoms with Crippen molar-refractivity contribution in [2.24, 2.45) is 0 Å². The van der Waals surface area contributed by atoms with Crippen LogP contribution in [0.25, 0.3) is 0 Å². The fraction of sp³-hybridized carbons (Fsp3) is 0.731. The number of esters is 1. The van der Waals surface area contributed by atoms with Gasteiger partial charge in [-0.2, -0.15) is 9.97 Å². The van der Waals surface area contributed by atoms with E-state index in [2.05, 4.69) is 42.4 Å². The maximum Gasteiger partial charge on any atom is 0.315 e. The first kappa shape index (κ1) is 28.5. The van der Waals surface area contributed by atoms with Crippen molar-refractivity contribution in [3.63, 3.8) is 0 Å². The van der Waals surface area contributed by atoms with Gasteiger partial charge in [0.2, 0.25) is 17.8 Å². The van der Waals surface area contributed by atoms with Gasteiger partial charge in [-0.1, -0.05) is 0 Å². The SMILES string of the molecule is CCOC(=O)CC(=O)N1CCCC1C(=O)N1CCN(c2cc(N(CC)CC)nc(N(CC)CC)n2)CC1. The van der Waals surface area contributed by atoms with Gasteiger partial charge in [0.25, 0.3) is 0 Å². The number of nitrogens with zero attached hydrogens (tertiary/aromatic N) is 7. The van der Waals surface area contributed by atoms with Crippen LogP contribution in [0.2, 0.25) is 0 Å². The van der Waals surface area contributed by atoms with Crippen LogP contribution in [0.4, 0.5) is 17.6 Å². The number of piperazine rings is 1. The third kappa shape index (κ3) is 6.81. The van der Waals surface area contributed by atoms with E-state index < -0.39 is 12.0 Å². The topological polar surface area (TPSA) is 102 Å². The van der Waals surface area contributed by atoms with Crippen LogP contribution in [0.5, 0.6) is 0 Å². The van der Waals surface area contributed by atoms with Gasteiger partial charge in [-0.25, -0.2) is 0 Å². The van der Waals surface area contributed by atoms with Gasteiger partial charge in [0, 0.05) is 65.0 Å². The first-order valence-electron chi connectivity index (χ1n) is 13.7. The van der Waals surface area contributed by atoms with Crippen molar-refractivity contribution in [2.75, 3.05) is 80.2 Å². The Morgan fingerprint density at radius 3 is 2.16 bits per heavy atom. The second kappa shape index (κ2) is 13.4. The molecule has 3 rings (SSSR count). The van der Waals surface area contributed by atoms with E-state index in [1.165, 1.54) is 0 Å². The molecular weight excluding hydrogens is 474 g/mol. The predicted octanol–water partition coefficient (Wildman–Crippen LogP) is 1.76. The minimum absolute atomic E-state index is 0.0373. The van der Waals surface area contributed by atoms with E-state index in [0.717, 1.165) is 50.2 Å². The third-order valence-electron chi connectivity index (χ3n) is 7.20. The van der Waals surface area contributed by atoms with Gasteiger partial charge < -0.3 is 29.2 Å². The van der Waals surface area contributed by atoms with Crippen molar-refractivity contribution in [3.8, 4) is 0 Å². The van der Waals surface area contributed by atoms with Crippen molar-refractivity contribution in [2.45, 2.75) is 59.9 Å². The molecule has 11 heteroatoms. The summed E-state index contributed by atoms with van der Waals surface area (Å²) < 4.78 is 4.91. The van der Waals surface area contributed by atoms with Crippen LogP contribution >= 0.6 is 0 Å². The van der Waals surface area contributed by atoms with E-state index in [4.69, 9.17) is 14.7 Å². The van der Waals surface area contributed by atoms with Crippen molar-refractivity contribution < 1.29 is 19.1 Å². The van der Waals surface area contributed by atoms with Crippen molar-refractivity contribution >= 4 is 35.4 Å². The summed E-state index contributed by atoms with van der Waals surface area (Å²) in [6.07, 6.45) is 1.07. The van der Waals surface area contributed by atoms with E-state index in [-0.39, 0.29) is 24.8 Å². The highest BCUT2D eigenvalue weighted by Gasteiger charge is 2.38. The second-order valence-electron chi connectivity index (χ2n) is 9.27. The highest BCUT2D eigenvalue weighted by Crippen LogP contribution is 2.26. The quantitative estimate of drug-likeness (QED) is 0.321. The lowest BCUT2D eigenvalue weighted by Gasteiger charge is -2.38. The Hall–Kier alpha value is -3.11. The maximum absolute atomic E-state index is 13.4. The smallest absolute Gasteiger partial charge is 0.315 e. The van der Waals surface area contributed by atoms with Crippen LogP contribution in [-0.2, 0) is 19.1 Å². The maximum atomic E-state index is 13.4. The largest absolute Gasteiger partial charge is 0.466 e. The van der Waals surface area contributed by atoms with Crippen LogP contribution < -0.4 is 14.7 Å². The van der Waals surface area contributed by atoms with E-state index >= 15 is 0 Å². The molecule has 1 aromatic heterocycles. The molecule has 0 N–H and O–H groups in total. The van der Waals surface area contributed by atoms with Gasteiger partial charge in [-0.15, -0.1) is 0 Å². The van der Waals surface area contributed by atoms with Gasteiger partial charge in [0.15, 0.2) is 0 Å². The molecule has 206 valence electrons. The molecule has 0 aromatic carbocycles. The van der Waals surface area contributed by atoms with Gasteiger partial charge in [-0.05, 0) is 47.5 Å². The predicted molar refractivity (Wildman–Crippen MR) is 144 cm³/mol. The summed E-state index contributed by atoms with van der Waals surface area (Å²) in [6, 6.07) is 1.54. The van der Waals surface area contributed by atoms with Gasteiger partial charge in [0.1, 0.15) is 24.1 Å². The number of amides is 2. The van der Waals surface area contributed by atoms with E-state index in [1.54, 1.807) is 11.8 Å². The lowest BCUT2D eigenvalue weighted by Crippen LogP contribution is -2.54. The number of hydrogen-bond donors (Lipinski definition) is 0. The molecule has 0 aliphatic carbocycles. The minimum atomic E-state index is -0.544. The summed E-state index contributed by atoms with van der Waals surface area (Å²) in [7, 11) is 0. The molecule has 1 unspecified atom stereocenters. The molecule has 0 bridgehead atoms. The monoisotopic (exact) mass is 517 g/mol. The highest BCUT2D eigenvalue weighted by molar-refractivity contribution is 5.97. The Morgan fingerprint density at radius 1 is 0.919 bits per heavy atom. The molecule has 1 atom stereocenters. The highest BCUT2D eigenvalue weighted by atomic mass is 16.5. The summed E-state index contributed by atoms with van der Waals surface area (Å²) >= 11 is 0. The van der Waals surface area contributed by atoms with Crippen molar-refractivity contribution in [1.29, 1.82) is 0 Å². The number of aromatic nitrogens is 2. The van der Waals surface area contributed by atoms with Crippen LogP contribution in [0.3, 0.4) is 0 Å². The number of hydrogen-bond acceptors (Lipinski definition) is 9. The molecule has 0 spiro atoms. The molecule has 2 saturated heterocycles. The Kier molecular flexibility index (Phi) is 10.3. The molecular formula is C26H43N7O4. The zero-order valence-corrected chi connectivity index (χ0v) is 23.1. The first-order valence-corrected chi connectivity index (χ1v) is 13.7. The van der Waals surface area contributed by atoms with Crippen molar-refractivity contribution in [1.82, 2.24) is 19.8 Å². The summed E-state index contributed by atoms with van der Waals surface area (Å²) in [5.41, 5.74) is 0. The number of carbonyl (C=O) groups excluding carboxylic acids is 3. The summed E-state index contributed by atoms with van der Waals surface area (Å²) in [5.74, 6) is 1.60. The average molecular weight is 518 g/mol. The van der Waals surface area contributed by atoms with Crippen LogP contribution in [0, 0.1) is 0 Å². The average Bonchev–Trinajstić information content (AvgIpc) is 3.40. The Morgan fingerprint density at radius 2 is 1.57 bits per heavy atom. The second-order valence-corrected chi connectivity index (χ2v) is 9.27. The molecule has 0 radical (unpaired) electrons. The Bertz CT molecular complexity index is 897. The zero-order valence-electron chi connectivity index (χ0n) is 23.1. The van der Waals surface area contributed by atoms with Gasteiger partial charge in [-0.3, -0.25) is 14.4 Å². The molecule has 0 saturated carbocycles. The number of likely N-dealkylation sites (tertiary alicyclic amines) is 1. The fourth-order valence-electron chi connectivity index (χ4n) is 5.06. The van der Waals surface area contributed by atoms with E-state index in [0.29, 0.717) is 39.1 Å². The van der Waals surface area contributed by atoms with E-state index in [9.17, 15) is 14.4 Å². The van der Waals surface area contributed by atoms with Crippen molar-refractivity contribution in [3.05, 3.63) is 6.07 Å². The van der Waals surface area contributed by atoms with Crippen LogP contribution in [-0.4, -0.2) is 109 Å². The molecule has 3 heterocycles. The molecule has 2 amide bonds. The number of carbonyl (C=O) groups is 3. The van der Waals surface area contributed by atoms with Gasteiger partial charge >= 0.3 is 5.97 Å². The molecule has 2 fully saturated rings. The molecule has 2 aliphatic rings. The molecule has 1 aromatic rings. The first-order chi connectivity index (χ1) is 17.9. The lowest BCUT2D eigenvalue weighted by atomic mass is 10.1. The minimum Gasteiger partial charge on any atom is -0.466 e. The van der Waals surface area contributed by atoms with Crippen LogP contribution in [0.15, 0.2) is 6.07 Å². The molecule has 37 heavy (non-hydrogen) atoms. The lowest BCUT2D eigenvalue weighted by molar-refractivity contribution is -0.151. The summed E-state index contributed by atoms with van der Waals surface area (Å²) in [5, 5.41) is 0. The number of anilines is 3. The van der Waals surface area contributed by atoms with Crippen LogP contribution in [0.1, 0.15) is 53.9 Å². The summed E-state index contributed by atoms with van der Waals surface area (Å²) in [4.78, 5) is 57.5. The zero-order chi connectivity index (χ0) is 26.9. The van der Waals surface area contributed by atoms with E-state index in [1.807, 2.05) is 11.0 Å².